The Labute approximate surface area is 89.9 Å². The fourth-order valence-electron chi connectivity index (χ4n) is 1.09. The Morgan fingerprint density at radius 1 is 1.36 bits per heavy atom. The number of aromatic nitrogens is 1. The fourth-order valence-corrected chi connectivity index (χ4v) is 1.65. The predicted octanol–water partition coefficient (Wildman–Crippen LogP) is 1.62. The zero-order valence-electron chi connectivity index (χ0n) is 9.08. The second kappa shape index (κ2) is 6.11. The van der Waals surface area contributed by atoms with Gasteiger partial charge in [0, 0.05) is 30.6 Å². The molecule has 80 valence electrons. The molecule has 1 aromatic heterocycles. The molecule has 0 spiro atoms. The molecule has 0 saturated heterocycles. The molecule has 0 fully saturated rings. The van der Waals surface area contributed by atoms with Crippen LogP contribution < -0.4 is 10.6 Å². The number of hydrogen-bond acceptors (Lipinski definition) is 4. The first-order valence-corrected chi connectivity index (χ1v) is 5.96. The lowest BCUT2D eigenvalue weighted by molar-refractivity contribution is 0.472. The van der Waals surface area contributed by atoms with E-state index in [4.69, 9.17) is 0 Å². The van der Waals surface area contributed by atoms with Crippen molar-refractivity contribution in [2.45, 2.75) is 39.4 Å². The van der Waals surface area contributed by atoms with Crippen LogP contribution in [0.2, 0.25) is 0 Å². The first-order valence-electron chi connectivity index (χ1n) is 5.02. The summed E-state index contributed by atoms with van der Waals surface area (Å²) in [5.74, 6) is 0. The monoisotopic (exact) mass is 213 g/mol. The lowest BCUT2D eigenvalue weighted by atomic mass is 10.3. The Balaban J connectivity index is 2.12. The molecule has 1 atom stereocenters. The second-order valence-electron chi connectivity index (χ2n) is 3.82. The van der Waals surface area contributed by atoms with E-state index in [-0.39, 0.29) is 0 Å². The summed E-state index contributed by atoms with van der Waals surface area (Å²) < 4.78 is 0. The maximum atomic E-state index is 4.22. The van der Waals surface area contributed by atoms with Crippen LogP contribution in [0.5, 0.6) is 0 Å². The van der Waals surface area contributed by atoms with E-state index in [1.54, 1.807) is 11.3 Å². The standard InChI is InChI=1S/C10H19N3S/c1-8(2)11-4-9(3)12-5-10-6-14-7-13-10/h6-9,11-12H,4-5H2,1-3H3. The third-order valence-electron chi connectivity index (χ3n) is 1.95. The zero-order chi connectivity index (χ0) is 10.4. The summed E-state index contributed by atoms with van der Waals surface area (Å²) in [6.45, 7) is 8.37. The molecule has 0 aliphatic heterocycles. The average molecular weight is 213 g/mol. The van der Waals surface area contributed by atoms with Crippen molar-refractivity contribution in [1.82, 2.24) is 15.6 Å². The molecule has 1 unspecified atom stereocenters. The van der Waals surface area contributed by atoms with E-state index in [1.807, 2.05) is 5.51 Å². The van der Waals surface area contributed by atoms with Gasteiger partial charge < -0.3 is 10.6 Å². The highest BCUT2D eigenvalue weighted by Crippen LogP contribution is 2.00. The summed E-state index contributed by atoms with van der Waals surface area (Å²) in [5.41, 5.74) is 3.00. The van der Waals surface area contributed by atoms with E-state index in [1.165, 1.54) is 0 Å². The number of rotatable bonds is 6. The second-order valence-corrected chi connectivity index (χ2v) is 4.54. The summed E-state index contributed by atoms with van der Waals surface area (Å²) in [5, 5.41) is 8.90. The van der Waals surface area contributed by atoms with Gasteiger partial charge in [0.05, 0.1) is 11.2 Å². The van der Waals surface area contributed by atoms with E-state index < -0.39 is 0 Å². The molecular formula is C10H19N3S. The molecule has 0 aliphatic carbocycles. The van der Waals surface area contributed by atoms with E-state index in [0.717, 1.165) is 18.8 Å². The van der Waals surface area contributed by atoms with Gasteiger partial charge in [-0.3, -0.25) is 0 Å². The number of hydrogen-bond donors (Lipinski definition) is 2. The molecule has 14 heavy (non-hydrogen) atoms. The van der Waals surface area contributed by atoms with Gasteiger partial charge in [-0.05, 0) is 6.92 Å². The van der Waals surface area contributed by atoms with Crippen LogP contribution in [0.4, 0.5) is 0 Å². The fraction of sp³-hybridized carbons (Fsp3) is 0.700. The Hall–Kier alpha value is -0.450. The minimum Gasteiger partial charge on any atom is -0.313 e. The lowest BCUT2D eigenvalue weighted by Crippen LogP contribution is -2.38. The first-order chi connectivity index (χ1) is 6.68. The Bertz CT molecular complexity index is 234. The molecule has 1 rings (SSSR count). The van der Waals surface area contributed by atoms with Gasteiger partial charge >= 0.3 is 0 Å². The van der Waals surface area contributed by atoms with Crippen molar-refractivity contribution in [3.05, 3.63) is 16.6 Å². The summed E-state index contributed by atoms with van der Waals surface area (Å²) >= 11 is 1.64. The van der Waals surface area contributed by atoms with Crippen LogP contribution >= 0.6 is 11.3 Å². The molecule has 3 nitrogen and oxygen atoms in total. The van der Waals surface area contributed by atoms with Gasteiger partial charge in [0.1, 0.15) is 0 Å². The Morgan fingerprint density at radius 3 is 2.71 bits per heavy atom. The average Bonchev–Trinajstić information content (AvgIpc) is 2.63. The first kappa shape index (κ1) is 11.6. The van der Waals surface area contributed by atoms with Gasteiger partial charge in [-0.2, -0.15) is 0 Å². The summed E-state index contributed by atoms with van der Waals surface area (Å²) in [6.07, 6.45) is 0. The molecule has 0 radical (unpaired) electrons. The van der Waals surface area contributed by atoms with Gasteiger partial charge in [-0.15, -0.1) is 11.3 Å². The molecule has 0 bridgehead atoms. The van der Waals surface area contributed by atoms with Crippen LogP contribution in [0.15, 0.2) is 10.9 Å². The van der Waals surface area contributed by atoms with Crippen LogP contribution in [0.1, 0.15) is 26.5 Å². The van der Waals surface area contributed by atoms with Crippen LogP contribution in [-0.2, 0) is 6.54 Å². The molecule has 0 aromatic carbocycles. The maximum Gasteiger partial charge on any atom is 0.0795 e. The van der Waals surface area contributed by atoms with E-state index in [9.17, 15) is 0 Å². The third kappa shape index (κ3) is 4.69. The van der Waals surface area contributed by atoms with Crippen molar-refractivity contribution in [1.29, 1.82) is 0 Å². The smallest absolute Gasteiger partial charge is 0.0795 e. The topological polar surface area (TPSA) is 37.0 Å². The Morgan fingerprint density at radius 2 is 2.14 bits per heavy atom. The van der Waals surface area contributed by atoms with Crippen LogP contribution in [-0.4, -0.2) is 23.6 Å². The summed E-state index contributed by atoms with van der Waals surface area (Å²) in [7, 11) is 0. The lowest BCUT2D eigenvalue weighted by Gasteiger charge is -2.15. The van der Waals surface area contributed by atoms with Gasteiger partial charge in [0.25, 0.3) is 0 Å². The molecular weight excluding hydrogens is 194 g/mol. The predicted molar refractivity (Wildman–Crippen MR) is 61.6 cm³/mol. The number of nitrogens with zero attached hydrogens (tertiary/aromatic N) is 1. The normalized spacial score (nSPS) is 13.4. The highest BCUT2D eigenvalue weighted by Gasteiger charge is 2.02. The molecule has 2 N–H and O–H groups in total. The van der Waals surface area contributed by atoms with E-state index in [0.29, 0.717) is 12.1 Å². The van der Waals surface area contributed by atoms with Crippen molar-refractivity contribution in [2.75, 3.05) is 6.54 Å². The zero-order valence-corrected chi connectivity index (χ0v) is 9.90. The van der Waals surface area contributed by atoms with E-state index in [2.05, 4.69) is 41.8 Å². The molecule has 1 aromatic rings. The van der Waals surface area contributed by atoms with Crippen LogP contribution in [0, 0.1) is 0 Å². The summed E-state index contributed by atoms with van der Waals surface area (Å²) in [4.78, 5) is 4.22. The minimum atomic E-state index is 0.485. The Kier molecular flexibility index (Phi) is 5.07. The van der Waals surface area contributed by atoms with Crippen molar-refractivity contribution in [3.8, 4) is 0 Å². The molecule has 0 amide bonds. The minimum absolute atomic E-state index is 0.485. The van der Waals surface area contributed by atoms with Gasteiger partial charge in [-0.1, -0.05) is 13.8 Å². The van der Waals surface area contributed by atoms with Crippen molar-refractivity contribution in [2.24, 2.45) is 0 Å². The van der Waals surface area contributed by atoms with Crippen LogP contribution in [0.3, 0.4) is 0 Å². The van der Waals surface area contributed by atoms with Crippen molar-refractivity contribution in [3.63, 3.8) is 0 Å². The summed E-state index contributed by atoms with van der Waals surface area (Å²) in [6, 6.07) is 1.04. The third-order valence-corrected chi connectivity index (χ3v) is 2.58. The van der Waals surface area contributed by atoms with E-state index >= 15 is 0 Å². The van der Waals surface area contributed by atoms with Crippen molar-refractivity contribution >= 4 is 11.3 Å². The molecule has 1 heterocycles. The quantitative estimate of drug-likeness (QED) is 0.754. The van der Waals surface area contributed by atoms with Gasteiger partial charge in [0.2, 0.25) is 0 Å². The van der Waals surface area contributed by atoms with Crippen molar-refractivity contribution < 1.29 is 0 Å². The van der Waals surface area contributed by atoms with Gasteiger partial charge in [0.15, 0.2) is 0 Å². The number of nitrogens with one attached hydrogen (secondary N) is 2. The largest absolute Gasteiger partial charge is 0.313 e. The highest BCUT2D eigenvalue weighted by molar-refractivity contribution is 7.07. The maximum absolute atomic E-state index is 4.22. The molecule has 0 aliphatic rings. The van der Waals surface area contributed by atoms with Gasteiger partial charge in [-0.25, -0.2) is 4.98 Å². The SMILES string of the molecule is CC(C)NCC(C)NCc1cscn1. The number of thiazole rings is 1. The molecule has 4 heteroatoms. The molecule has 0 saturated carbocycles. The highest BCUT2D eigenvalue weighted by atomic mass is 32.1. The van der Waals surface area contributed by atoms with Crippen LogP contribution in [0.25, 0.3) is 0 Å².